The Bertz CT molecular complexity index is 719. The van der Waals surface area contributed by atoms with Gasteiger partial charge >= 0.3 is 0 Å². The fraction of sp³-hybridized carbons (Fsp3) is 0.474. The highest BCUT2D eigenvalue weighted by Gasteiger charge is 2.27. The lowest BCUT2D eigenvalue weighted by molar-refractivity contribution is 0.135. The van der Waals surface area contributed by atoms with Crippen molar-refractivity contribution in [3.63, 3.8) is 0 Å². The van der Waals surface area contributed by atoms with Crippen molar-refractivity contribution in [1.82, 2.24) is 14.9 Å². The van der Waals surface area contributed by atoms with Gasteiger partial charge in [-0.25, -0.2) is 0 Å². The minimum atomic E-state index is 0.145. The van der Waals surface area contributed by atoms with Crippen LogP contribution in [0.25, 0.3) is 0 Å². The molecule has 1 fully saturated rings. The molecule has 1 aliphatic heterocycles. The smallest absolute Gasteiger partial charge is 0.223 e. The van der Waals surface area contributed by atoms with Crippen molar-refractivity contribution >= 4 is 17.6 Å². The van der Waals surface area contributed by atoms with E-state index in [4.69, 9.17) is 16.2 Å². The van der Waals surface area contributed by atoms with Gasteiger partial charge in [-0.15, -0.1) is 0 Å². The zero-order valence-corrected chi connectivity index (χ0v) is 15.7. The number of piperazine rings is 1. The van der Waals surface area contributed by atoms with Crippen molar-refractivity contribution in [2.45, 2.75) is 25.9 Å². The first-order chi connectivity index (χ1) is 13.1. The normalized spacial score (nSPS) is 17.9. The lowest BCUT2D eigenvalue weighted by Gasteiger charge is -2.42. The summed E-state index contributed by atoms with van der Waals surface area (Å²) in [6.07, 6.45) is 0.698. The van der Waals surface area contributed by atoms with Crippen molar-refractivity contribution in [3.05, 3.63) is 35.9 Å². The van der Waals surface area contributed by atoms with Gasteiger partial charge in [0.2, 0.25) is 5.95 Å². The molecule has 146 valence electrons. The van der Waals surface area contributed by atoms with E-state index < -0.39 is 0 Å². The highest BCUT2D eigenvalue weighted by atomic mass is 16.5. The van der Waals surface area contributed by atoms with Gasteiger partial charge in [-0.2, -0.15) is 9.97 Å². The molecule has 0 amide bonds. The summed E-state index contributed by atoms with van der Waals surface area (Å²) in [5, 5.41) is 9.52. The number of hydrogen-bond acceptors (Lipinski definition) is 8. The molecule has 0 bridgehead atoms. The molecule has 0 unspecified atom stereocenters. The summed E-state index contributed by atoms with van der Waals surface area (Å²) >= 11 is 0. The number of aliphatic hydroxyl groups excluding tert-OH is 1. The van der Waals surface area contributed by atoms with E-state index in [1.165, 1.54) is 5.56 Å². The van der Waals surface area contributed by atoms with Gasteiger partial charge in [0.25, 0.3) is 0 Å². The molecule has 1 aromatic heterocycles. The second-order valence-electron chi connectivity index (χ2n) is 6.67. The van der Waals surface area contributed by atoms with Gasteiger partial charge in [-0.1, -0.05) is 12.1 Å². The summed E-state index contributed by atoms with van der Waals surface area (Å²) in [6, 6.07) is 10.2. The van der Waals surface area contributed by atoms with Gasteiger partial charge in [0.15, 0.2) is 0 Å². The summed E-state index contributed by atoms with van der Waals surface area (Å²) in [7, 11) is 0. The Morgan fingerprint density at radius 3 is 2.63 bits per heavy atom. The number of ether oxygens (including phenoxy) is 1. The van der Waals surface area contributed by atoms with Gasteiger partial charge in [-0.05, 0) is 31.0 Å². The largest absolute Gasteiger partial charge is 0.494 e. The molecular formula is C19H28N6O2. The van der Waals surface area contributed by atoms with Crippen molar-refractivity contribution in [2.75, 3.05) is 49.2 Å². The molecule has 2 heterocycles. The maximum atomic E-state index is 9.52. The van der Waals surface area contributed by atoms with Crippen molar-refractivity contribution in [1.29, 1.82) is 0 Å². The number of anilines is 3. The molecule has 1 saturated heterocycles. The number of nitrogens with zero attached hydrogens (tertiary/aromatic N) is 4. The number of nitrogens with two attached hydrogens (primary N) is 2. The highest BCUT2D eigenvalue weighted by molar-refractivity contribution is 5.50. The summed E-state index contributed by atoms with van der Waals surface area (Å²) < 4.78 is 5.51. The van der Waals surface area contributed by atoms with Gasteiger partial charge in [-0.3, -0.25) is 4.90 Å². The molecule has 8 nitrogen and oxygen atoms in total. The third-order valence-corrected chi connectivity index (χ3v) is 4.76. The van der Waals surface area contributed by atoms with E-state index >= 15 is 0 Å². The van der Waals surface area contributed by atoms with Gasteiger partial charge in [0, 0.05) is 44.9 Å². The zero-order chi connectivity index (χ0) is 19.2. The topological polar surface area (TPSA) is 114 Å². The van der Waals surface area contributed by atoms with Crippen LogP contribution < -0.4 is 21.1 Å². The summed E-state index contributed by atoms with van der Waals surface area (Å²) in [6.45, 7) is 6.05. The van der Waals surface area contributed by atoms with Crippen LogP contribution >= 0.6 is 0 Å². The van der Waals surface area contributed by atoms with E-state index in [1.54, 1.807) is 6.07 Å². The van der Waals surface area contributed by atoms with Gasteiger partial charge in [0.05, 0.1) is 6.61 Å². The Balaban J connectivity index is 1.68. The first-order valence-electron chi connectivity index (χ1n) is 9.30. The van der Waals surface area contributed by atoms with E-state index in [2.05, 4.69) is 31.9 Å². The summed E-state index contributed by atoms with van der Waals surface area (Å²) in [5.41, 5.74) is 12.8. The van der Waals surface area contributed by atoms with Crippen LogP contribution in [0.15, 0.2) is 30.3 Å². The van der Waals surface area contributed by atoms with E-state index in [9.17, 15) is 5.11 Å². The molecule has 5 N–H and O–H groups in total. The Hall–Kier alpha value is -2.58. The molecule has 0 aliphatic carbocycles. The standard InChI is InChI=1S/C19H28N6O2/c1-2-27-16-5-3-14(4-6-16)12-24-8-9-25(13-15(24)7-10-26)18-11-17(20)22-19(21)23-18/h3-6,11,15,26H,2,7-10,12-13H2,1H3,(H4,20,21,22,23)/t15-/m1/s1. The van der Waals surface area contributed by atoms with E-state index in [0.717, 1.165) is 37.7 Å². The maximum absolute atomic E-state index is 9.52. The van der Waals surface area contributed by atoms with Crippen LogP contribution in [-0.4, -0.2) is 58.9 Å². The minimum Gasteiger partial charge on any atom is -0.494 e. The average molecular weight is 372 g/mol. The number of aliphatic hydroxyl groups is 1. The summed E-state index contributed by atoms with van der Waals surface area (Å²) in [5.74, 6) is 2.18. The fourth-order valence-electron chi connectivity index (χ4n) is 3.46. The van der Waals surface area contributed by atoms with Crippen molar-refractivity contribution in [3.8, 4) is 5.75 Å². The molecule has 2 aromatic rings. The lowest BCUT2D eigenvalue weighted by atomic mass is 10.1. The summed E-state index contributed by atoms with van der Waals surface area (Å²) in [4.78, 5) is 12.8. The van der Waals surface area contributed by atoms with Gasteiger partial charge < -0.3 is 26.2 Å². The Morgan fingerprint density at radius 1 is 1.19 bits per heavy atom. The minimum absolute atomic E-state index is 0.145. The monoisotopic (exact) mass is 372 g/mol. The average Bonchev–Trinajstić information content (AvgIpc) is 2.64. The SMILES string of the molecule is CCOc1ccc(CN2CCN(c3cc(N)nc(N)n3)C[C@H]2CCO)cc1. The van der Waals surface area contributed by atoms with Crippen molar-refractivity contribution in [2.24, 2.45) is 0 Å². The number of rotatable bonds is 7. The third-order valence-electron chi connectivity index (χ3n) is 4.76. The van der Waals surface area contributed by atoms with Crippen LogP contribution in [0.2, 0.25) is 0 Å². The van der Waals surface area contributed by atoms with Crippen LogP contribution in [0, 0.1) is 0 Å². The molecule has 3 rings (SSSR count). The van der Waals surface area contributed by atoms with Crippen LogP contribution in [0.1, 0.15) is 18.9 Å². The molecular weight excluding hydrogens is 344 g/mol. The Labute approximate surface area is 159 Å². The second kappa shape index (κ2) is 8.88. The van der Waals surface area contributed by atoms with Crippen LogP contribution in [0.3, 0.4) is 0 Å². The fourth-order valence-corrected chi connectivity index (χ4v) is 3.46. The highest BCUT2D eigenvalue weighted by Crippen LogP contribution is 2.23. The van der Waals surface area contributed by atoms with Crippen LogP contribution in [0.5, 0.6) is 5.75 Å². The van der Waals surface area contributed by atoms with Crippen LogP contribution in [-0.2, 0) is 6.54 Å². The second-order valence-corrected chi connectivity index (χ2v) is 6.67. The molecule has 1 aliphatic rings. The Kier molecular flexibility index (Phi) is 6.31. The first-order valence-corrected chi connectivity index (χ1v) is 9.30. The first kappa shape index (κ1) is 19.2. The van der Waals surface area contributed by atoms with E-state index in [-0.39, 0.29) is 18.6 Å². The molecule has 0 saturated carbocycles. The predicted molar refractivity (Wildman–Crippen MR) is 107 cm³/mol. The molecule has 8 heteroatoms. The molecule has 27 heavy (non-hydrogen) atoms. The molecule has 0 radical (unpaired) electrons. The maximum Gasteiger partial charge on any atom is 0.223 e. The van der Waals surface area contributed by atoms with Gasteiger partial charge in [0.1, 0.15) is 17.4 Å². The number of nitrogen functional groups attached to an aromatic ring is 2. The van der Waals surface area contributed by atoms with Crippen molar-refractivity contribution < 1.29 is 9.84 Å². The van der Waals surface area contributed by atoms with Crippen LogP contribution in [0.4, 0.5) is 17.6 Å². The molecule has 1 aromatic carbocycles. The van der Waals surface area contributed by atoms with E-state index in [0.29, 0.717) is 18.8 Å². The Morgan fingerprint density at radius 2 is 1.96 bits per heavy atom. The number of hydrogen-bond donors (Lipinski definition) is 3. The molecule has 1 atom stereocenters. The lowest BCUT2D eigenvalue weighted by Crippen LogP contribution is -2.53. The quantitative estimate of drug-likeness (QED) is 0.662. The number of aromatic nitrogens is 2. The molecule has 0 spiro atoms. The van der Waals surface area contributed by atoms with E-state index in [1.807, 2.05) is 19.1 Å². The number of benzene rings is 1. The third kappa shape index (κ3) is 4.99. The zero-order valence-electron chi connectivity index (χ0n) is 15.7. The predicted octanol–water partition coefficient (Wildman–Crippen LogP) is 1.11.